The zero-order valence-electron chi connectivity index (χ0n) is 17.8. The summed E-state index contributed by atoms with van der Waals surface area (Å²) in [6.07, 6.45) is 3.00. The van der Waals surface area contributed by atoms with Crippen molar-refractivity contribution in [3.8, 4) is 5.75 Å². The van der Waals surface area contributed by atoms with E-state index in [2.05, 4.69) is 19.1 Å². The molecule has 1 saturated heterocycles. The number of amides is 2. The van der Waals surface area contributed by atoms with E-state index in [1.807, 2.05) is 18.2 Å². The molecule has 0 bridgehead atoms. The Hall–Kier alpha value is -2.86. The maximum absolute atomic E-state index is 14.3. The van der Waals surface area contributed by atoms with Crippen LogP contribution in [0.4, 0.5) is 14.9 Å². The lowest BCUT2D eigenvalue weighted by Gasteiger charge is -2.18. The summed E-state index contributed by atoms with van der Waals surface area (Å²) >= 11 is 6.04. The average molecular weight is 446 g/mol. The molecule has 1 aliphatic heterocycles. The fourth-order valence-corrected chi connectivity index (χ4v) is 3.58. The lowest BCUT2D eigenvalue weighted by atomic mass is 10.2. The minimum atomic E-state index is -0.941. The van der Waals surface area contributed by atoms with Gasteiger partial charge in [-0.2, -0.15) is 0 Å². The summed E-state index contributed by atoms with van der Waals surface area (Å²) < 4.78 is 25.1. The maximum Gasteiger partial charge on any atom is 0.427 e. The smallest absolute Gasteiger partial charge is 0.427 e. The highest BCUT2D eigenvalue weighted by Gasteiger charge is 2.40. The third-order valence-electron chi connectivity index (χ3n) is 5.00. The van der Waals surface area contributed by atoms with Gasteiger partial charge in [0.1, 0.15) is 11.6 Å². The molecular weight excluding hydrogens is 421 g/mol. The summed E-state index contributed by atoms with van der Waals surface area (Å²) in [6.45, 7) is 5.35. The molecule has 164 valence electrons. The second-order valence-electron chi connectivity index (χ2n) is 7.75. The molecule has 5 nitrogen and oxygen atoms in total. The summed E-state index contributed by atoms with van der Waals surface area (Å²) in [7, 11) is 0. The van der Waals surface area contributed by atoms with Gasteiger partial charge in [0.2, 0.25) is 0 Å². The van der Waals surface area contributed by atoms with E-state index in [1.54, 1.807) is 13.8 Å². The Kier molecular flexibility index (Phi) is 7.33. The number of cyclic esters (lactones) is 1. The van der Waals surface area contributed by atoms with Crippen molar-refractivity contribution in [3.63, 3.8) is 0 Å². The molecule has 1 aliphatic carbocycles. The van der Waals surface area contributed by atoms with Crippen molar-refractivity contribution in [2.45, 2.75) is 52.6 Å². The fourth-order valence-electron chi connectivity index (χ4n) is 3.38. The van der Waals surface area contributed by atoms with Crippen LogP contribution in [0.5, 0.6) is 5.75 Å². The van der Waals surface area contributed by atoms with E-state index in [1.165, 1.54) is 11.6 Å². The monoisotopic (exact) mass is 445 g/mol. The van der Waals surface area contributed by atoms with Gasteiger partial charge in [-0.15, -0.1) is 0 Å². The maximum atomic E-state index is 14.3. The van der Waals surface area contributed by atoms with E-state index in [0.29, 0.717) is 10.5 Å². The Balaban J connectivity index is 0.000000330. The number of rotatable bonds is 3. The predicted molar refractivity (Wildman–Crippen MR) is 118 cm³/mol. The first-order valence-electron chi connectivity index (χ1n) is 10.2. The van der Waals surface area contributed by atoms with Gasteiger partial charge in [0.05, 0.1) is 16.8 Å². The van der Waals surface area contributed by atoms with E-state index in [4.69, 9.17) is 21.1 Å². The quantitative estimate of drug-likeness (QED) is 0.501. The summed E-state index contributed by atoms with van der Waals surface area (Å²) in [6, 6.07) is 12.6. The zero-order chi connectivity index (χ0) is 22.5. The van der Waals surface area contributed by atoms with E-state index in [-0.39, 0.29) is 28.3 Å². The Labute approximate surface area is 186 Å². The predicted octanol–water partition coefficient (Wildman–Crippen LogP) is 6.57. The first-order chi connectivity index (χ1) is 14.8. The third-order valence-corrected chi connectivity index (χ3v) is 5.30. The number of halogens is 2. The van der Waals surface area contributed by atoms with Crippen LogP contribution in [-0.4, -0.2) is 18.1 Å². The van der Waals surface area contributed by atoms with Crippen LogP contribution >= 0.6 is 11.6 Å². The molecule has 0 N–H and O–H groups in total. The van der Waals surface area contributed by atoms with Crippen molar-refractivity contribution in [1.82, 2.24) is 0 Å². The number of allylic oxidation sites excluding steroid dienone is 1. The van der Waals surface area contributed by atoms with Crippen LogP contribution in [0.3, 0.4) is 0 Å². The molecule has 0 atom stereocenters. The van der Waals surface area contributed by atoms with E-state index in [9.17, 15) is 14.0 Å². The second kappa shape index (κ2) is 9.96. The van der Waals surface area contributed by atoms with Crippen LogP contribution in [0.1, 0.15) is 45.1 Å². The Morgan fingerprint density at radius 1 is 1.13 bits per heavy atom. The summed E-state index contributed by atoms with van der Waals surface area (Å²) in [5, 5.41) is 0.102. The molecule has 2 aromatic rings. The number of hydrogen-bond acceptors (Lipinski definition) is 4. The highest BCUT2D eigenvalue weighted by Crippen LogP contribution is 2.37. The van der Waals surface area contributed by atoms with E-state index < -0.39 is 17.8 Å². The van der Waals surface area contributed by atoms with Crippen LogP contribution in [0.2, 0.25) is 5.02 Å². The first-order valence-corrected chi connectivity index (χ1v) is 10.6. The number of benzene rings is 2. The van der Waals surface area contributed by atoms with Gasteiger partial charge >= 0.3 is 12.0 Å². The summed E-state index contributed by atoms with van der Waals surface area (Å²) in [4.78, 5) is 25.0. The van der Waals surface area contributed by atoms with Crippen LogP contribution in [0.25, 0.3) is 0 Å². The molecule has 1 heterocycles. The van der Waals surface area contributed by atoms with E-state index in [0.717, 1.165) is 31.7 Å². The van der Waals surface area contributed by atoms with Gasteiger partial charge in [-0.05, 0) is 58.1 Å². The highest BCUT2D eigenvalue weighted by molar-refractivity contribution is 6.32. The molecule has 31 heavy (non-hydrogen) atoms. The molecule has 2 fully saturated rings. The molecule has 0 radical (unpaired) electrons. The zero-order valence-corrected chi connectivity index (χ0v) is 18.5. The minimum Gasteiger partial charge on any atom is -0.489 e. The van der Waals surface area contributed by atoms with Crippen molar-refractivity contribution in [2.24, 2.45) is 0 Å². The number of hydrogen-bond donors (Lipinski definition) is 0. The molecule has 2 aliphatic rings. The molecule has 7 heteroatoms. The van der Waals surface area contributed by atoms with Crippen LogP contribution in [-0.2, 0) is 9.53 Å². The van der Waals surface area contributed by atoms with Crippen molar-refractivity contribution < 1.29 is 23.5 Å². The van der Waals surface area contributed by atoms with Crippen LogP contribution in [0, 0.1) is 12.7 Å². The Bertz CT molecular complexity index is 996. The molecule has 2 amide bonds. The molecule has 2 aromatic carbocycles. The largest absolute Gasteiger partial charge is 0.489 e. The molecule has 1 saturated carbocycles. The number of carbonyl (C=O) groups excluding carboxylic acids is 2. The van der Waals surface area contributed by atoms with E-state index >= 15 is 0 Å². The number of aryl methyl sites for hydroxylation is 1. The van der Waals surface area contributed by atoms with Crippen molar-refractivity contribution in [2.75, 3.05) is 4.90 Å². The van der Waals surface area contributed by atoms with Gasteiger partial charge < -0.3 is 9.47 Å². The van der Waals surface area contributed by atoms with Gasteiger partial charge in [-0.25, -0.2) is 14.1 Å². The van der Waals surface area contributed by atoms with Gasteiger partial charge in [0, 0.05) is 6.07 Å². The number of anilines is 1. The fraction of sp³-hybridized carbons (Fsp3) is 0.333. The van der Waals surface area contributed by atoms with Crippen molar-refractivity contribution >= 4 is 29.3 Å². The number of carbonyl (C=O) groups is 2. The number of imide groups is 1. The lowest BCUT2D eigenvalue weighted by molar-refractivity contribution is -0.114. The number of ether oxygens (including phenoxy) is 2. The summed E-state index contributed by atoms with van der Waals surface area (Å²) in [5.74, 6) is -1.33. The Morgan fingerprint density at radius 3 is 2.29 bits per heavy atom. The SMILES string of the molecule is CC(C)=C1OC(=O)N(c2cc(OC3CCCC3)c(Cl)cc2F)C1=O.Cc1ccccc1. The van der Waals surface area contributed by atoms with Crippen LogP contribution < -0.4 is 9.64 Å². The van der Waals surface area contributed by atoms with Gasteiger partial charge in [-0.3, -0.25) is 4.79 Å². The van der Waals surface area contributed by atoms with Crippen LogP contribution in [0.15, 0.2) is 53.8 Å². The molecule has 4 rings (SSSR count). The van der Waals surface area contributed by atoms with Gasteiger partial charge in [-0.1, -0.05) is 47.5 Å². The Morgan fingerprint density at radius 2 is 1.77 bits per heavy atom. The van der Waals surface area contributed by atoms with Crippen molar-refractivity contribution in [1.29, 1.82) is 0 Å². The first kappa shape index (κ1) is 22.8. The third kappa shape index (κ3) is 5.44. The molecule has 0 spiro atoms. The average Bonchev–Trinajstić information content (AvgIpc) is 3.33. The lowest BCUT2D eigenvalue weighted by Crippen LogP contribution is -2.29. The highest BCUT2D eigenvalue weighted by atomic mass is 35.5. The second-order valence-corrected chi connectivity index (χ2v) is 8.16. The molecule has 0 unspecified atom stereocenters. The minimum absolute atomic E-state index is 0.00962. The molecule has 0 aromatic heterocycles. The topological polar surface area (TPSA) is 55.8 Å². The van der Waals surface area contributed by atoms with Crippen molar-refractivity contribution in [3.05, 3.63) is 70.2 Å². The standard InChI is InChI=1S/C17H17ClFNO4.C7H8/c1-9(2)15-16(21)20(17(22)24-15)13-8-14(11(18)7-12(13)19)23-10-5-3-4-6-10;1-7-5-3-2-4-6-7/h7-8,10H,3-6H2,1-2H3;2-6H,1H3. The molecular formula is C24H25ClFNO4. The van der Waals surface area contributed by atoms with Gasteiger partial charge in [0.25, 0.3) is 0 Å². The normalized spacial score (nSPS) is 16.2. The van der Waals surface area contributed by atoms with Gasteiger partial charge in [0.15, 0.2) is 5.76 Å². The number of nitrogens with zero attached hydrogens (tertiary/aromatic N) is 1. The summed E-state index contributed by atoms with van der Waals surface area (Å²) in [5.41, 5.74) is 1.63.